The van der Waals surface area contributed by atoms with Crippen LogP contribution in [0.3, 0.4) is 0 Å². The highest BCUT2D eigenvalue weighted by Crippen LogP contribution is 2.21. The van der Waals surface area contributed by atoms with Gasteiger partial charge in [0.2, 0.25) is 0 Å². The van der Waals surface area contributed by atoms with Gasteiger partial charge < -0.3 is 5.11 Å². The molecule has 0 spiro atoms. The molecule has 0 saturated carbocycles. The lowest BCUT2D eigenvalue weighted by Crippen LogP contribution is -2.14. The fourth-order valence-electron chi connectivity index (χ4n) is 2.35. The molecule has 1 unspecified atom stereocenters. The van der Waals surface area contributed by atoms with E-state index in [1.54, 1.807) is 0 Å². The lowest BCUT2D eigenvalue weighted by molar-refractivity contribution is 0.114. The van der Waals surface area contributed by atoms with E-state index in [2.05, 4.69) is 56.3 Å². The second kappa shape index (κ2) is 6.01. The summed E-state index contributed by atoms with van der Waals surface area (Å²) in [6, 6.07) is 15.0. The third-order valence-corrected chi connectivity index (χ3v) is 3.60. The molecule has 1 N–H and O–H groups in total. The predicted octanol–water partition coefficient (Wildman–Crippen LogP) is 4.18. The van der Waals surface area contributed by atoms with Crippen LogP contribution < -0.4 is 0 Å². The van der Waals surface area contributed by atoms with Gasteiger partial charge in [0, 0.05) is 0 Å². The Morgan fingerprint density at radius 2 is 1.72 bits per heavy atom. The summed E-state index contributed by atoms with van der Waals surface area (Å²) in [6.07, 6.45) is 2.82. The van der Waals surface area contributed by atoms with Crippen LogP contribution in [0.25, 0.3) is 10.8 Å². The van der Waals surface area contributed by atoms with E-state index in [9.17, 15) is 5.11 Å². The molecule has 1 atom stereocenters. The minimum Gasteiger partial charge on any atom is -0.393 e. The lowest BCUT2D eigenvalue weighted by atomic mass is 9.97. The Balaban J connectivity index is 2.04. The van der Waals surface area contributed by atoms with Gasteiger partial charge >= 0.3 is 0 Å². The molecule has 0 aliphatic heterocycles. The number of hydrogen-bond acceptors (Lipinski definition) is 1. The minimum absolute atomic E-state index is 0.167. The third-order valence-electron chi connectivity index (χ3n) is 3.60. The molecule has 0 aromatic heterocycles. The first-order chi connectivity index (χ1) is 8.68. The summed E-state index contributed by atoms with van der Waals surface area (Å²) < 4.78 is 0. The van der Waals surface area contributed by atoms with Crippen LogP contribution in [0.2, 0.25) is 0 Å². The molecule has 2 aromatic carbocycles. The Morgan fingerprint density at radius 1 is 1.00 bits per heavy atom. The van der Waals surface area contributed by atoms with Gasteiger partial charge in [-0.3, -0.25) is 0 Å². The van der Waals surface area contributed by atoms with Gasteiger partial charge in [-0.1, -0.05) is 56.3 Å². The van der Waals surface area contributed by atoms with Gasteiger partial charge in [-0.15, -0.1) is 0 Å². The molecule has 0 aliphatic carbocycles. The number of aliphatic hydroxyl groups excluding tert-OH is 1. The van der Waals surface area contributed by atoms with Gasteiger partial charge in [-0.05, 0) is 41.5 Å². The average Bonchev–Trinajstić information content (AvgIpc) is 2.38. The van der Waals surface area contributed by atoms with E-state index in [0.717, 1.165) is 19.3 Å². The zero-order valence-electron chi connectivity index (χ0n) is 11.3. The molecular formula is C17H22O. The number of aryl methyl sites for hydroxylation is 1. The Labute approximate surface area is 109 Å². The summed E-state index contributed by atoms with van der Waals surface area (Å²) in [5, 5.41) is 12.5. The van der Waals surface area contributed by atoms with Gasteiger partial charge in [0.05, 0.1) is 6.10 Å². The van der Waals surface area contributed by atoms with Gasteiger partial charge in [0.1, 0.15) is 0 Å². The summed E-state index contributed by atoms with van der Waals surface area (Å²) in [6.45, 7) is 4.14. The Hall–Kier alpha value is -1.34. The molecule has 2 rings (SSSR count). The first-order valence-electron chi connectivity index (χ1n) is 6.83. The SMILES string of the molecule is CC(C)C(O)CCCc1cccc2ccccc12. The predicted molar refractivity (Wildman–Crippen MR) is 77.7 cm³/mol. The molecular weight excluding hydrogens is 220 g/mol. The number of benzene rings is 2. The molecule has 0 bridgehead atoms. The third kappa shape index (κ3) is 3.11. The smallest absolute Gasteiger partial charge is 0.0563 e. The van der Waals surface area contributed by atoms with Crippen LogP contribution in [0.4, 0.5) is 0 Å². The van der Waals surface area contributed by atoms with Gasteiger partial charge in [0.15, 0.2) is 0 Å². The first-order valence-corrected chi connectivity index (χ1v) is 6.83. The normalized spacial score (nSPS) is 13.1. The molecule has 1 nitrogen and oxygen atoms in total. The number of hydrogen-bond donors (Lipinski definition) is 1. The second-order valence-corrected chi connectivity index (χ2v) is 5.34. The van der Waals surface area contributed by atoms with Crippen molar-refractivity contribution in [1.82, 2.24) is 0 Å². The summed E-state index contributed by atoms with van der Waals surface area (Å²) >= 11 is 0. The van der Waals surface area contributed by atoms with Crippen molar-refractivity contribution >= 4 is 10.8 Å². The summed E-state index contributed by atoms with van der Waals surface area (Å²) in [4.78, 5) is 0. The monoisotopic (exact) mass is 242 g/mol. The molecule has 96 valence electrons. The van der Waals surface area contributed by atoms with E-state index >= 15 is 0 Å². The van der Waals surface area contributed by atoms with Crippen molar-refractivity contribution in [1.29, 1.82) is 0 Å². The van der Waals surface area contributed by atoms with Crippen LogP contribution in [-0.2, 0) is 6.42 Å². The van der Waals surface area contributed by atoms with Crippen molar-refractivity contribution in [2.24, 2.45) is 5.92 Å². The maximum absolute atomic E-state index is 9.82. The highest BCUT2D eigenvalue weighted by atomic mass is 16.3. The fraction of sp³-hybridized carbons (Fsp3) is 0.412. The molecule has 1 heteroatoms. The van der Waals surface area contributed by atoms with Gasteiger partial charge in [-0.25, -0.2) is 0 Å². The Bertz CT molecular complexity index is 496. The number of aliphatic hydroxyl groups is 1. The molecule has 0 fully saturated rings. The van der Waals surface area contributed by atoms with E-state index in [0.29, 0.717) is 5.92 Å². The van der Waals surface area contributed by atoms with Gasteiger partial charge in [-0.2, -0.15) is 0 Å². The molecule has 0 saturated heterocycles. The van der Waals surface area contributed by atoms with Crippen LogP contribution in [0.1, 0.15) is 32.3 Å². The van der Waals surface area contributed by atoms with Crippen molar-refractivity contribution in [3.05, 3.63) is 48.0 Å². The van der Waals surface area contributed by atoms with Crippen LogP contribution >= 0.6 is 0 Å². The summed E-state index contributed by atoms with van der Waals surface area (Å²) in [7, 11) is 0. The van der Waals surface area contributed by atoms with E-state index in [-0.39, 0.29) is 6.10 Å². The topological polar surface area (TPSA) is 20.2 Å². The second-order valence-electron chi connectivity index (χ2n) is 5.34. The zero-order chi connectivity index (χ0) is 13.0. The molecule has 0 radical (unpaired) electrons. The van der Waals surface area contributed by atoms with Crippen molar-refractivity contribution in [2.45, 2.75) is 39.2 Å². The zero-order valence-corrected chi connectivity index (χ0v) is 11.3. The average molecular weight is 242 g/mol. The van der Waals surface area contributed by atoms with E-state index in [1.165, 1.54) is 16.3 Å². The highest BCUT2D eigenvalue weighted by molar-refractivity contribution is 5.85. The van der Waals surface area contributed by atoms with Crippen molar-refractivity contribution in [2.75, 3.05) is 0 Å². The van der Waals surface area contributed by atoms with Crippen molar-refractivity contribution < 1.29 is 5.11 Å². The van der Waals surface area contributed by atoms with E-state index in [1.807, 2.05) is 0 Å². The quantitative estimate of drug-likeness (QED) is 0.834. The maximum atomic E-state index is 9.82. The van der Waals surface area contributed by atoms with Crippen LogP contribution in [0.5, 0.6) is 0 Å². The largest absolute Gasteiger partial charge is 0.393 e. The fourth-order valence-corrected chi connectivity index (χ4v) is 2.35. The number of rotatable bonds is 5. The van der Waals surface area contributed by atoms with Crippen molar-refractivity contribution in [3.8, 4) is 0 Å². The summed E-state index contributed by atoms with van der Waals surface area (Å²) in [5.41, 5.74) is 1.39. The first kappa shape index (κ1) is 13.1. The maximum Gasteiger partial charge on any atom is 0.0563 e. The van der Waals surface area contributed by atoms with E-state index < -0.39 is 0 Å². The molecule has 0 heterocycles. The minimum atomic E-state index is -0.167. The van der Waals surface area contributed by atoms with Crippen molar-refractivity contribution in [3.63, 3.8) is 0 Å². The molecule has 0 amide bonds. The Kier molecular flexibility index (Phi) is 4.38. The number of fused-ring (bicyclic) bond motifs is 1. The highest BCUT2D eigenvalue weighted by Gasteiger charge is 2.09. The van der Waals surface area contributed by atoms with Crippen LogP contribution in [0, 0.1) is 5.92 Å². The molecule has 18 heavy (non-hydrogen) atoms. The summed E-state index contributed by atoms with van der Waals surface area (Å²) in [5.74, 6) is 0.359. The molecule has 2 aromatic rings. The van der Waals surface area contributed by atoms with Crippen LogP contribution in [-0.4, -0.2) is 11.2 Å². The Morgan fingerprint density at radius 3 is 2.50 bits per heavy atom. The van der Waals surface area contributed by atoms with E-state index in [4.69, 9.17) is 0 Å². The lowest BCUT2D eigenvalue weighted by Gasteiger charge is -2.14. The standard InChI is InChI=1S/C17H22O/c1-13(2)17(18)12-6-10-15-9-5-8-14-7-3-4-11-16(14)15/h3-5,7-9,11,13,17-18H,6,10,12H2,1-2H3. The van der Waals surface area contributed by atoms with Crippen LogP contribution in [0.15, 0.2) is 42.5 Å². The molecule has 0 aliphatic rings. The van der Waals surface area contributed by atoms with Gasteiger partial charge in [0.25, 0.3) is 0 Å².